The largest absolute Gasteiger partial charge is 0.394 e. The first-order valence-electron chi connectivity index (χ1n) is 39.7. The van der Waals surface area contributed by atoms with Crippen molar-refractivity contribution in [3.63, 3.8) is 0 Å². The zero-order chi connectivity index (χ0) is 89.3. The summed E-state index contributed by atoms with van der Waals surface area (Å²) in [5.74, 6) is -4.63. The van der Waals surface area contributed by atoms with Crippen LogP contribution >= 0.6 is 8.53 Å². The lowest BCUT2D eigenvalue weighted by Gasteiger charge is -2.37. The standard InChI is InChI=1S/C24H37FN7O5P.C16H22FN5O3.C15H20FN5O4.C14H18FN5O4/c1-9-16-19(37-38(35-11-10-26-8)32(14(4)5)15(6)7)17(25)23(36-16)31-12-27-18-20(31)28-24(30-22(18)34)29-21(33)13(2)3;1-5-9-8(4)10(17)15(25-9)22-6-18-11-12(22)19-16(21-14(11)24)20-13(23)7(2)3;1-6(2)12(23)19-15-18-11-10(13(24)20-15)17-5-21(11)14-9(16)7(3)8(4-22)25-14;1-3-6-10(22)8(15)13(24-6)20-5-16-9-11(20)18-14(19-12(9)23)17-7(21)4-2/h12-17,19,23H,9-11H2,1-7H3,(H2,28,29,30,33,34);6-10,15H,5H2,1-4H3,(H2,19,20,21,23,24);5-9,14,22H,4H2,1-3H3,(H2,18,19,20,23,24);5-6,8,10,13,22H,3-4H2,1-2H3,(H2,17,18,19,21,23)/t16-,17-,19-,23-,38?;8-,9-,10-,15-;7-,8-,9-,14-;6-,8-,10-,13-/m1111/s1/i9D2;5D2;4D2;3D2. The number of hydrogen-bond donors (Lipinski definition) is 10. The Morgan fingerprint density at radius 2 is 0.884 bits per heavy atom. The quantitative estimate of drug-likeness (QED) is 0.0125. The molecule has 0 aliphatic carbocycles. The van der Waals surface area contributed by atoms with Crippen LogP contribution in [-0.2, 0) is 47.2 Å². The van der Waals surface area contributed by atoms with E-state index in [-0.39, 0.29) is 141 Å². The maximum absolute atomic E-state index is 16.3. The van der Waals surface area contributed by atoms with Crippen molar-refractivity contribution in [1.29, 1.82) is 0 Å². The van der Waals surface area contributed by atoms with Crippen molar-refractivity contribution in [2.75, 3.05) is 41.0 Å². The lowest BCUT2D eigenvalue weighted by Crippen LogP contribution is -2.38. The molecule has 4 saturated heterocycles. The second kappa shape index (κ2) is 37.5. The molecule has 43 heteroatoms. The number of nitrogens with one attached hydrogen (secondary N) is 8. The number of imidazole rings is 4. The Labute approximate surface area is 650 Å². The van der Waals surface area contributed by atoms with Crippen LogP contribution in [0.3, 0.4) is 0 Å². The Hall–Kier alpha value is -9.44. The number of carbonyl (C=O) groups excluding carboxylic acids is 4. The summed E-state index contributed by atoms with van der Waals surface area (Å²) in [6.45, 7) is 30.7. The van der Waals surface area contributed by atoms with Gasteiger partial charge in [-0.15, -0.1) is 0 Å². The predicted molar refractivity (Wildman–Crippen MR) is 401 cm³/mol. The molecular weight excluding hydrogens is 1500 g/mol. The molecule has 4 aliphatic rings. The number of aromatic nitrogens is 16. The first kappa shape index (κ1) is 75.3. The normalized spacial score (nSPS) is 26.8. The van der Waals surface area contributed by atoms with Crippen molar-refractivity contribution in [2.24, 2.45) is 29.6 Å². The van der Waals surface area contributed by atoms with Crippen LogP contribution in [0.25, 0.3) is 49.5 Å². The number of aliphatic hydroxyl groups is 2. The number of H-pyrrole nitrogens is 4. The van der Waals surface area contributed by atoms with Crippen LogP contribution in [-0.4, -0.2) is 210 Å². The topological polar surface area (TPSA) is 474 Å². The highest BCUT2D eigenvalue weighted by Gasteiger charge is 2.51. The fourth-order valence-electron chi connectivity index (χ4n) is 11.8. The number of ether oxygens (including phenoxy) is 4. The summed E-state index contributed by atoms with van der Waals surface area (Å²) in [4.78, 5) is 142. The molecule has 12 rings (SSSR count). The number of alkyl halides is 4. The number of carbonyl (C=O) groups is 4. The molecule has 1 unspecified atom stereocenters. The number of rotatable bonds is 24. The van der Waals surface area contributed by atoms with Crippen LogP contribution in [0.5, 0.6) is 0 Å². The number of hydrogen-bond acceptors (Lipinski definition) is 25. The number of nitrogens with zero attached hydrogens (tertiary/aromatic N) is 14. The van der Waals surface area contributed by atoms with Crippen LogP contribution in [0.2, 0.25) is 0 Å². The van der Waals surface area contributed by atoms with Crippen LogP contribution < -0.4 is 43.5 Å². The molecule has 0 radical (unpaired) electrons. The minimum absolute atomic E-state index is 0.0241. The van der Waals surface area contributed by atoms with Crippen LogP contribution in [0.15, 0.2) is 44.5 Å². The lowest BCUT2D eigenvalue weighted by atomic mass is 10.00. The SMILES string of the molecule is [2H]C([2H])(C)[C@H]1O[C@@H](n2cnc3c(=O)[nH]c(NC(=O)C(C)C)nc32)[C@H](F)[C@@H]1C.[2H]C([2H])(C)[C@H]1O[C@@H](n2cnc3c(=O)[nH]c(NC(=O)C(C)C)nc32)[C@H](F)[C@@H]1OP(OCC[N+]#[C-])N(C(C)C)C(C)C.[2H]C([2H])(C)[C@H]1O[C@@H](n2cnc3c(=O)[nH]c(NC(=O)CC)nc32)[C@H](F)[C@@H]1O.[2H]C([2H])(O)[C@H]1O[C@@H](n2cnc3c(=O)[nH]c(NC(=O)C(C)C)nc32)[C@H](F)[C@@H]1C. The Morgan fingerprint density at radius 3 is 1.20 bits per heavy atom. The summed E-state index contributed by atoms with van der Waals surface area (Å²) >= 11 is 0. The fraction of sp³-hybridized carbons (Fsp3) is 0.638. The molecular formula is C69H97F4N22O16P. The smallest absolute Gasteiger partial charge is 0.280 e. The molecule has 8 aromatic rings. The molecule has 0 aromatic carbocycles. The number of fused-ring (bicyclic) bond motifs is 4. The Morgan fingerprint density at radius 1 is 0.554 bits per heavy atom. The van der Waals surface area contributed by atoms with E-state index in [1.807, 2.05) is 32.4 Å². The minimum atomic E-state index is -2.74. The second-order valence-electron chi connectivity index (χ2n) is 27.6. The Bertz CT molecular complexity index is 5140. The van der Waals surface area contributed by atoms with Gasteiger partial charge in [0, 0.05) is 56.3 Å². The molecule has 12 heterocycles. The van der Waals surface area contributed by atoms with Gasteiger partial charge < -0.3 is 43.1 Å². The number of amides is 4. The highest BCUT2D eigenvalue weighted by molar-refractivity contribution is 7.44. The monoisotopic (exact) mass is 1600 g/mol. The summed E-state index contributed by atoms with van der Waals surface area (Å²) in [5.41, 5.74) is -2.90. The molecule has 0 bridgehead atoms. The third-order valence-corrected chi connectivity index (χ3v) is 20.1. The first-order valence-corrected chi connectivity index (χ1v) is 36.8. The highest BCUT2D eigenvalue weighted by atomic mass is 31.2. The van der Waals surface area contributed by atoms with Gasteiger partial charge in [0.05, 0.1) is 59.0 Å². The van der Waals surface area contributed by atoms with Gasteiger partial charge in [0.25, 0.3) is 30.8 Å². The summed E-state index contributed by atoms with van der Waals surface area (Å²) < 4.78 is 164. The van der Waals surface area contributed by atoms with Gasteiger partial charge in [0.1, 0.15) is 18.8 Å². The third kappa shape index (κ3) is 18.9. The van der Waals surface area contributed by atoms with Crippen molar-refractivity contribution in [1.82, 2.24) is 82.7 Å². The summed E-state index contributed by atoms with van der Waals surface area (Å²) in [7, 11) is -1.90. The zero-order valence-corrected chi connectivity index (χ0v) is 64.8. The van der Waals surface area contributed by atoms with E-state index in [9.17, 15) is 61.7 Å². The highest BCUT2D eigenvalue weighted by Crippen LogP contribution is 2.51. The maximum Gasteiger partial charge on any atom is 0.280 e. The molecule has 612 valence electrons. The van der Waals surface area contributed by atoms with Gasteiger partial charge in [0.2, 0.25) is 54.0 Å². The molecule has 38 nitrogen and oxygen atoms in total. The van der Waals surface area contributed by atoms with Crippen LogP contribution in [0.4, 0.5) is 41.4 Å². The van der Waals surface area contributed by atoms with Gasteiger partial charge in [0.15, 0.2) is 94.3 Å². The average Bonchev–Trinajstić information content (AvgIpc) is 1.63. The van der Waals surface area contributed by atoms with Gasteiger partial charge in [-0.25, -0.2) is 48.7 Å². The number of aromatic amines is 4. The van der Waals surface area contributed by atoms with Gasteiger partial charge in [-0.05, 0) is 46.8 Å². The van der Waals surface area contributed by atoms with Crippen molar-refractivity contribution in [3.8, 4) is 0 Å². The molecule has 4 amide bonds. The van der Waals surface area contributed by atoms with Crippen LogP contribution in [0, 0.1) is 36.2 Å². The Kier molecular flexibility index (Phi) is 25.2. The predicted octanol–water partition coefficient (Wildman–Crippen LogP) is 7.07. The van der Waals surface area contributed by atoms with Crippen molar-refractivity contribution < 1.29 is 85.9 Å². The van der Waals surface area contributed by atoms with E-state index in [0.717, 1.165) is 21.8 Å². The first-order chi connectivity index (χ1) is 55.8. The Balaban J connectivity index is 0.000000185. The van der Waals surface area contributed by atoms with E-state index in [1.54, 1.807) is 55.4 Å². The van der Waals surface area contributed by atoms with Crippen molar-refractivity contribution in [2.45, 2.75) is 235 Å². The fourth-order valence-corrected chi connectivity index (χ4v) is 13.6. The van der Waals surface area contributed by atoms with E-state index >= 15 is 4.39 Å². The van der Waals surface area contributed by atoms with E-state index in [0.29, 0.717) is 0 Å². The zero-order valence-electron chi connectivity index (χ0n) is 71.9. The lowest BCUT2D eigenvalue weighted by molar-refractivity contribution is -0.119. The van der Waals surface area contributed by atoms with E-state index < -0.39 is 154 Å². The van der Waals surface area contributed by atoms with Crippen molar-refractivity contribution in [3.05, 3.63) is 78.1 Å². The van der Waals surface area contributed by atoms with Gasteiger partial charge in [-0.2, -0.15) is 19.9 Å². The van der Waals surface area contributed by atoms with Crippen molar-refractivity contribution >= 4 is 101 Å². The molecule has 112 heavy (non-hydrogen) atoms. The summed E-state index contributed by atoms with van der Waals surface area (Å²) in [5, 5.41) is 29.4. The second-order valence-corrected chi connectivity index (χ2v) is 29.1. The molecule has 17 atom stereocenters. The average molecular weight is 1610 g/mol. The van der Waals surface area contributed by atoms with E-state index in [4.69, 9.17) is 45.5 Å². The van der Waals surface area contributed by atoms with Crippen LogP contribution in [0.1, 0.15) is 172 Å². The third-order valence-electron chi connectivity index (χ3n) is 18.0. The van der Waals surface area contributed by atoms with Gasteiger partial charge in [-0.1, -0.05) is 83.1 Å². The number of aliphatic hydroxyl groups excluding tert-OH is 1. The summed E-state index contributed by atoms with van der Waals surface area (Å²) in [6, 6.07) is -0.111. The van der Waals surface area contributed by atoms with E-state index in [1.165, 1.54) is 49.5 Å². The number of anilines is 4. The number of halogens is 4. The minimum Gasteiger partial charge on any atom is -0.394 e. The maximum atomic E-state index is 16.3. The molecule has 4 aliphatic heterocycles. The van der Waals surface area contributed by atoms with Gasteiger partial charge >= 0.3 is 0 Å². The molecule has 10 N–H and O–H groups in total. The van der Waals surface area contributed by atoms with Gasteiger partial charge in [-0.3, -0.25) is 97.8 Å². The molecule has 0 spiro atoms. The van der Waals surface area contributed by atoms with E-state index in [2.05, 4.69) is 85.9 Å². The molecule has 8 aromatic heterocycles. The molecule has 4 fully saturated rings. The summed E-state index contributed by atoms with van der Waals surface area (Å²) in [6.07, 6.45) is -21.5. The molecule has 0 saturated carbocycles.